The highest BCUT2D eigenvalue weighted by molar-refractivity contribution is 9.10. The highest BCUT2D eigenvalue weighted by Crippen LogP contribution is 2.39. The van der Waals surface area contributed by atoms with Crippen LogP contribution in [0.1, 0.15) is 42.5 Å². The van der Waals surface area contributed by atoms with Gasteiger partial charge in [0, 0.05) is 11.1 Å². The minimum Gasteiger partial charge on any atom is -0.373 e. The highest BCUT2D eigenvalue weighted by atomic mass is 79.9. The van der Waals surface area contributed by atoms with Crippen molar-refractivity contribution < 1.29 is 4.74 Å². The zero-order valence-corrected chi connectivity index (χ0v) is 13.2. The van der Waals surface area contributed by atoms with Crippen molar-refractivity contribution >= 4 is 15.9 Å². The first kappa shape index (κ1) is 14.0. The van der Waals surface area contributed by atoms with Crippen LogP contribution in [0, 0.1) is 13.8 Å². The summed E-state index contributed by atoms with van der Waals surface area (Å²) >= 11 is 3.60. The highest BCUT2D eigenvalue weighted by Gasteiger charge is 2.39. The minimum absolute atomic E-state index is 0.0836. The Kier molecular flexibility index (Phi) is 4.15. The third-order valence-corrected chi connectivity index (χ3v) is 4.86. The number of hydrogen-bond donors (Lipinski definition) is 1. The summed E-state index contributed by atoms with van der Waals surface area (Å²) in [4.78, 5) is 0. The first-order valence-corrected chi connectivity index (χ1v) is 7.35. The molecule has 2 rings (SSSR count). The minimum atomic E-state index is -0.0836. The van der Waals surface area contributed by atoms with Crippen LogP contribution in [0.5, 0.6) is 0 Å². The van der Waals surface area contributed by atoms with Crippen molar-refractivity contribution in [1.29, 1.82) is 0 Å². The van der Waals surface area contributed by atoms with Gasteiger partial charge in [0.05, 0.1) is 11.6 Å². The summed E-state index contributed by atoms with van der Waals surface area (Å²) in [5.74, 6) is 0. The van der Waals surface area contributed by atoms with Crippen LogP contribution < -0.4 is 5.32 Å². The molecule has 1 aromatic carbocycles. The first-order chi connectivity index (χ1) is 8.48. The van der Waals surface area contributed by atoms with E-state index in [0.717, 1.165) is 19.4 Å². The average molecular weight is 312 g/mol. The van der Waals surface area contributed by atoms with Gasteiger partial charge >= 0.3 is 0 Å². The number of benzene rings is 1. The summed E-state index contributed by atoms with van der Waals surface area (Å²) in [6.45, 7) is 7.40. The van der Waals surface area contributed by atoms with Gasteiger partial charge in [-0.25, -0.2) is 0 Å². The molecule has 100 valence electrons. The molecule has 0 saturated carbocycles. The van der Waals surface area contributed by atoms with Crippen LogP contribution in [0.25, 0.3) is 0 Å². The van der Waals surface area contributed by atoms with Gasteiger partial charge < -0.3 is 10.1 Å². The Labute approximate surface area is 118 Å². The second kappa shape index (κ2) is 5.32. The van der Waals surface area contributed by atoms with Gasteiger partial charge in [-0.05, 0) is 63.4 Å². The number of nitrogens with one attached hydrogen (secondary N) is 1. The number of hydrogen-bond acceptors (Lipinski definition) is 2. The molecule has 18 heavy (non-hydrogen) atoms. The third-order valence-electron chi connectivity index (χ3n) is 4.01. The summed E-state index contributed by atoms with van der Waals surface area (Å²) in [7, 11) is 2.02. The standard InChI is InChI=1S/C15H22BrNO/c1-10-9-13(16)11(2)8-12(10)14(17-4)15(3)6-5-7-18-15/h8-9,14,17H,5-7H2,1-4H3. The normalized spacial score (nSPS) is 25.4. The van der Waals surface area contributed by atoms with Gasteiger partial charge in [0.1, 0.15) is 0 Å². The lowest BCUT2D eigenvalue weighted by atomic mass is 9.85. The van der Waals surface area contributed by atoms with E-state index in [1.165, 1.54) is 21.2 Å². The predicted octanol–water partition coefficient (Wildman–Crippen LogP) is 3.90. The monoisotopic (exact) mass is 311 g/mol. The Bertz CT molecular complexity index is 438. The van der Waals surface area contributed by atoms with Gasteiger partial charge in [0.15, 0.2) is 0 Å². The Balaban J connectivity index is 2.41. The van der Waals surface area contributed by atoms with E-state index in [1.54, 1.807) is 0 Å². The molecule has 3 heteroatoms. The van der Waals surface area contributed by atoms with Crippen LogP contribution >= 0.6 is 15.9 Å². The van der Waals surface area contributed by atoms with Crippen molar-refractivity contribution in [2.45, 2.75) is 45.3 Å². The predicted molar refractivity (Wildman–Crippen MR) is 79.0 cm³/mol. The summed E-state index contributed by atoms with van der Waals surface area (Å²) in [6.07, 6.45) is 2.27. The van der Waals surface area contributed by atoms with E-state index in [1.807, 2.05) is 7.05 Å². The van der Waals surface area contributed by atoms with Crippen LogP contribution in [0.15, 0.2) is 16.6 Å². The van der Waals surface area contributed by atoms with Crippen LogP contribution in [-0.2, 0) is 4.74 Å². The lowest BCUT2D eigenvalue weighted by molar-refractivity contribution is -0.0106. The van der Waals surface area contributed by atoms with Gasteiger partial charge in [-0.15, -0.1) is 0 Å². The largest absolute Gasteiger partial charge is 0.373 e. The maximum absolute atomic E-state index is 6.00. The number of halogens is 1. The summed E-state index contributed by atoms with van der Waals surface area (Å²) in [5, 5.41) is 3.45. The molecular weight excluding hydrogens is 290 g/mol. The molecule has 0 bridgehead atoms. The van der Waals surface area contributed by atoms with Crippen molar-refractivity contribution in [2.24, 2.45) is 0 Å². The summed E-state index contributed by atoms with van der Waals surface area (Å²) in [6, 6.07) is 4.73. The van der Waals surface area contributed by atoms with Gasteiger partial charge in [0.25, 0.3) is 0 Å². The average Bonchev–Trinajstić information content (AvgIpc) is 2.74. The fourth-order valence-electron chi connectivity index (χ4n) is 2.93. The maximum atomic E-state index is 6.00. The SMILES string of the molecule is CNC(c1cc(C)c(Br)cc1C)C1(C)CCCO1. The Hall–Kier alpha value is -0.380. The molecule has 1 aromatic rings. The Morgan fingerprint density at radius 2 is 2.06 bits per heavy atom. The van der Waals surface area contributed by atoms with E-state index in [2.05, 4.69) is 54.2 Å². The van der Waals surface area contributed by atoms with E-state index in [0.29, 0.717) is 0 Å². The molecular formula is C15H22BrNO. The number of likely N-dealkylation sites (N-methyl/N-ethyl adjacent to an activating group) is 1. The van der Waals surface area contributed by atoms with Crippen LogP contribution in [-0.4, -0.2) is 19.3 Å². The molecule has 2 atom stereocenters. The molecule has 0 aromatic heterocycles. The fraction of sp³-hybridized carbons (Fsp3) is 0.600. The van der Waals surface area contributed by atoms with Crippen molar-refractivity contribution in [3.63, 3.8) is 0 Å². The lowest BCUT2D eigenvalue weighted by Crippen LogP contribution is -2.40. The fourth-order valence-corrected chi connectivity index (χ4v) is 3.39. The second-order valence-corrected chi connectivity index (χ2v) is 6.30. The van der Waals surface area contributed by atoms with Crippen LogP contribution in [0.4, 0.5) is 0 Å². The van der Waals surface area contributed by atoms with Crippen LogP contribution in [0.2, 0.25) is 0 Å². The van der Waals surface area contributed by atoms with Gasteiger partial charge in [-0.2, -0.15) is 0 Å². The second-order valence-electron chi connectivity index (χ2n) is 5.44. The molecule has 1 aliphatic rings. The molecule has 1 saturated heterocycles. The quantitative estimate of drug-likeness (QED) is 0.914. The van der Waals surface area contributed by atoms with E-state index >= 15 is 0 Å². The molecule has 0 aliphatic carbocycles. The zero-order chi connectivity index (χ0) is 13.3. The maximum Gasteiger partial charge on any atom is 0.0849 e. The van der Waals surface area contributed by atoms with E-state index in [4.69, 9.17) is 4.74 Å². The van der Waals surface area contributed by atoms with Crippen LogP contribution in [0.3, 0.4) is 0 Å². The molecule has 2 nitrogen and oxygen atoms in total. The topological polar surface area (TPSA) is 21.3 Å². The smallest absolute Gasteiger partial charge is 0.0849 e. The van der Waals surface area contributed by atoms with Gasteiger partial charge in [0.2, 0.25) is 0 Å². The van der Waals surface area contributed by atoms with E-state index in [-0.39, 0.29) is 11.6 Å². The molecule has 1 heterocycles. The van der Waals surface area contributed by atoms with Gasteiger partial charge in [-0.3, -0.25) is 0 Å². The molecule has 0 amide bonds. The van der Waals surface area contributed by atoms with Crippen molar-refractivity contribution in [2.75, 3.05) is 13.7 Å². The van der Waals surface area contributed by atoms with E-state index < -0.39 is 0 Å². The van der Waals surface area contributed by atoms with E-state index in [9.17, 15) is 0 Å². The Morgan fingerprint density at radius 3 is 2.61 bits per heavy atom. The van der Waals surface area contributed by atoms with Gasteiger partial charge in [-0.1, -0.05) is 22.0 Å². The molecule has 2 unspecified atom stereocenters. The Morgan fingerprint density at radius 1 is 1.33 bits per heavy atom. The summed E-state index contributed by atoms with van der Waals surface area (Å²) in [5.41, 5.74) is 3.85. The number of rotatable bonds is 3. The van der Waals surface area contributed by atoms with Crippen molar-refractivity contribution in [3.8, 4) is 0 Å². The molecule has 0 radical (unpaired) electrons. The zero-order valence-electron chi connectivity index (χ0n) is 11.6. The molecule has 1 fully saturated rings. The molecule has 1 N–H and O–H groups in total. The number of ether oxygens (including phenoxy) is 1. The lowest BCUT2D eigenvalue weighted by Gasteiger charge is -2.34. The van der Waals surface area contributed by atoms with Crippen molar-refractivity contribution in [1.82, 2.24) is 5.32 Å². The summed E-state index contributed by atoms with van der Waals surface area (Å²) < 4.78 is 7.18. The molecule has 0 spiro atoms. The first-order valence-electron chi connectivity index (χ1n) is 6.56. The number of aryl methyl sites for hydroxylation is 2. The van der Waals surface area contributed by atoms with Crippen molar-refractivity contribution in [3.05, 3.63) is 33.3 Å². The third kappa shape index (κ3) is 2.49. The molecule has 1 aliphatic heterocycles.